The number of anilines is 1. The largest absolute Gasteiger partial charge is 0.477 e. The van der Waals surface area contributed by atoms with Crippen molar-refractivity contribution < 1.29 is 28.7 Å². The molecule has 1 fully saturated rings. The van der Waals surface area contributed by atoms with Crippen molar-refractivity contribution >= 4 is 34.7 Å². The van der Waals surface area contributed by atoms with Crippen LogP contribution in [0.3, 0.4) is 0 Å². The zero-order chi connectivity index (χ0) is 26.5. The molecule has 3 aromatic rings. The van der Waals surface area contributed by atoms with E-state index in [1.807, 2.05) is 19.0 Å². The van der Waals surface area contributed by atoms with Crippen molar-refractivity contribution in [3.63, 3.8) is 0 Å². The molecule has 0 radical (unpaired) electrons. The van der Waals surface area contributed by atoms with E-state index in [-0.39, 0.29) is 16.3 Å². The number of thiophene rings is 1. The Hall–Kier alpha value is -4.07. The van der Waals surface area contributed by atoms with E-state index < -0.39 is 16.9 Å². The van der Waals surface area contributed by atoms with Gasteiger partial charge in [-0.25, -0.2) is 9.78 Å². The number of primary amides is 1. The summed E-state index contributed by atoms with van der Waals surface area (Å²) >= 11 is 1.06. The number of non-ortho nitro benzene ring substituents is 1. The van der Waals surface area contributed by atoms with Crippen LogP contribution in [0.2, 0.25) is 0 Å². The molecule has 1 saturated heterocycles. The van der Waals surface area contributed by atoms with Gasteiger partial charge < -0.3 is 30.2 Å². The van der Waals surface area contributed by atoms with E-state index in [0.717, 1.165) is 11.3 Å². The van der Waals surface area contributed by atoms with Crippen molar-refractivity contribution in [3.8, 4) is 21.4 Å². The number of nitro groups is 1. The van der Waals surface area contributed by atoms with Gasteiger partial charge in [0.1, 0.15) is 0 Å². The number of nitrogens with one attached hydrogen (secondary N) is 1. The predicted octanol–water partition coefficient (Wildman–Crippen LogP) is 3.51. The highest BCUT2D eigenvalue weighted by Crippen LogP contribution is 2.43. The van der Waals surface area contributed by atoms with E-state index in [1.54, 1.807) is 24.3 Å². The van der Waals surface area contributed by atoms with E-state index in [1.165, 1.54) is 18.3 Å². The maximum Gasteiger partial charge on any atom is 0.410 e. The molecule has 4 rings (SSSR count). The Morgan fingerprint density at radius 2 is 1.97 bits per heavy atom. The van der Waals surface area contributed by atoms with E-state index >= 15 is 0 Å². The molecule has 0 bridgehead atoms. The number of nitrogens with two attached hydrogens (primary N) is 1. The van der Waals surface area contributed by atoms with Crippen LogP contribution in [0, 0.1) is 16.0 Å². The Kier molecular flexibility index (Phi) is 7.96. The Bertz CT molecular complexity index is 1290. The molecule has 3 heterocycles. The van der Waals surface area contributed by atoms with Crippen LogP contribution in [0.4, 0.5) is 16.2 Å². The summed E-state index contributed by atoms with van der Waals surface area (Å²) < 4.78 is 16.0. The van der Waals surface area contributed by atoms with Crippen LogP contribution in [0.5, 0.6) is 10.9 Å². The molecule has 0 aliphatic carbocycles. The lowest BCUT2D eigenvalue weighted by molar-refractivity contribution is -0.384. The molecule has 3 N–H and O–H groups in total. The van der Waals surface area contributed by atoms with Gasteiger partial charge in [-0.2, -0.15) is 0 Å². The van der Waals surface area contributed by atoms with Gasteiger partial charge in [0.2, 0.25) is 5.88 Å². The average molecular weight is 528 g/mol. The Morgan fingerprint density at radius 1 is 1.24 bits per heavy atom. The number of benzene rings is 1. The highest BCUT2D eigenvalue weighted by atomic mass is 32.1. The van der Waals surface area contributed by atoms with Gasteiger partial charge in [-0.3, -0.25) is 14.9 Å². The first-order valence-corrected chi connectivity index (χ1v) is 12.0. The maximum absolute atomic E-state index is 13.4. The molecule has 1 aromatic carbocycles. The molecule has 1 aliphatic rings. The van der Waals surface area contributed by atoms with Gasteiger partial charge in [0.15, 0.2) is 5.06 Å². The molecule has 0 saturated carbocycles. The second-order valence-electron chi connectivity index (χ2n) is 8.59. The first-order valence-electron chi connectivity index (χ1n) is 11.2. The van der Waals surface area contributed by atoms with Crippen molar-refractivity contribution in [2.45, 2.75) is 6.54 Å². The second kappa shape index (κ2) is 11.3. The number of carbonyl (C=O) groups excluding carboxylic acids is 2. The Morgan fingerprint density at radius 3 is 2.51 bits per heavy atom. The number of hydrogen-bond acceptors (Lipinski definition) is 10. The van der Waals surface area contributed by atoms with E-state index in [0.29, 0.717) is 59.9 Å². The van der Waals surface area contributed by atoms with Gasteiger partial charge in [-0.15, -0.1) is 0 Å². The molecule has 1 aliphatic heterocycles. The van der Waals surface area contributed by atoms with Crippen LogP contribution >= 0.6 is 11.3 Å². The third-order valence-electron chi connectivity index (χ3n) is 5.38. The summed E-state index contributed by atoms with van der Waals surface area (Å²) in [5.74, 6) is 0.245. The normalized spacial score (nSPS) is 13.2. The summed E-state index contributed by atoms with van der Waals surface area (Å²) in [7, 11) is 3.65. The van der Waals surface area contributed by atoms with Crippen molar-refractivity contribution in [3.05, 3.63) is 63.8 Å². The van der Waals surface area contributed by atoms with E-state index in [4.69, 9.17) is 19.9 Å². The van der Waals surface area contributed by atoms with Gasteiger partial charge in [-0.1, -0.05) is 11.3 Å². The molecule has 37 heavy (non-hydrogen) atoms. The number of nitrogens with zero attached hydrogens (tertiary/aromatic N) is 3. The van der Waals surface area contributed by atoms with Gasteiger partial charge in [0.25, 0.3) is 11.6 Å². The number of rotatable bonds is 10. The number of aromatic nitrogens is 1. The van der Waals surface area contributed by atoms with Crippen LogP contribution < -0.4 is 20.5 Å². The molecule has 13 heteroatoms. The van der Waals surface area contributed by atoms with Crippen LogP contribution in [-0.4, -0.2) is 60.7 Å². The second-order valence-corrected chi connectivity index (χ2v) is 9.57. The molecule has 2 amide bonds. The third kappa shape index (κ3) is 6.39. The summed E-state index contributed by atoms with van der Waals surface area (Å²) in [6.45, 7) is 2.16. The Labute approximate surface area is 216 Å². The highest BCUT2D eigenvalue weighted by molar-refractivity contribution is 7.18. The number of amides is 2. The lowest BCUT2D eigenvalue weighted by atomic mass is 10.0. The zero-order valence-corrected chi connectivity index (χ0v) is 20.9. The first-order chi connectivity index (χ1) is 17.7. The van der Waals surface area contributed by atoms with Crippen molar-refractivity contribution in [2.75, 3.05) is 39.2 Å². The molecule has 0 unspecified atom stereocenters. The number of carbonyl (C=O) groups is 2. The lowest BCUT2D eigenvalue weighted by Crippen LogP contribution is -2.32. The molecule has 194 valence electrons. The molecular weight excluding hydrogens is 502 g/mol. The predicted molar refractivity (Wildman–Crippen MR) is 136 cm³/mol. The minimum atomic E-state index is -1.07. The molecule has 0 spiro atoms. The fourth-order valence-corrected chi connectivity index (χ4v) is 4.76. The quantitative estimate of drug-likeness (QED) is 0.297. The molecule has 12 nitrogen and oxygen atoms in total. The number of ether oxygens (including phenoxy) is 3. The average Bonchev–Trinajstić information content (AvgIpc) is 3.15. The summed E-state index contributed by atoms with van der Waals surface area (Å²) in [5, 5.41) is 13.9. The monoisotopic (exact) mass is 527 g/mol. The van der Waals surface area contributed by atoms with Gasteiger partial charge in [-0.05, 0) is 37.9 Å². The van der Waals surface area contributed by atoms with Crippen LogP contribution in [-0.2, 0) is 11.3 Å². The fraction of sp³-hybridized carbons (Fsp3) is 0.292. The lowest BCUT2D eigenvalue weighted by Gasteiger charge is -2.25. The van der Waals surface area contributed by atoms with Crippen LogP contribution in [0.15, 0.2) is 42.6 Å². The molecule has 0 atom stereocenters. The number of pyridine rings is 1. The third-order valence-corrected chi connectivity index (χ3v) is 6.54. The van der Waals surface area contributed by atoms with Crippen LogP contribution in [0.25, 0.3) is 10.4 Å². The summed E-state index contributed by atoms with van der Waals surface area (Å²) in [6.07, 6.45) is 0.399. The summed E-state index contributed by atoms with van der Waals surface area (Å²) in [6, 6.07) is 9.20. The topological polar surface area (TPSA) is 159 Å². The van der Waals surface area contributed by atoms with Crippen molar-refractivity contribution in [1.82, 2.24) is 9.88 Å². The smallest absolute Gasteiger partial charge is 0.410 e. The SMILES string of the molecule is CN(C)Cc1c(-c2ccc([N+](=O)[O-])cc2)sc(OC(N)=O)c1C(=O)Nc1ccc(OCC2COC2)nc1. The number of hydrogen-bond donors (Lipinski definition) is 2. The molecular formula is C24H25N5O7S. The minimum absolute atomic E-state index is 0.0193. The molecule has 2 aromatic heterocycles. The zero-order valence-electron chi connectivity index (χ0n) is 20.1. The number of nitro benzene ring substituents is 1. The fourth-order valence-electron chi connectivity index (χ4n) is 3.59. The van der Waals surface area contributed by atoms with Crippen LogP contribution in [0.1, 0.15) is 15.9 Å². The minimum Gasteiger partial charge on any atom is -0.477 e. The van der Waals surface area contributed by atoms with Crippen molar-refractivity contribution in [2.24, 2.45) is 11.7 Å². The first kappa shape index (κ1) is 26.0. The van der Waals surface area contributed by atoms with Gasteiger partial charge in [0, 0.05) is 41.1 Å². The summed E-state index contributed by atoms with van der Waals surface area (Å²) in [5.41, 5.74) is 6.96. The van der Waals surface area contributed by atoms with Crippen molar-refractivity contribution in [1.29, 1.82) is 0 Å². The van der Waals surface area contributed by atoms with E-state index in [9.17, 15) is 19.7 Å². The highest BCUT2D eigenvalue weighted by Gasteiger charge is 2.28. The van der Waals surface area contributed by atoms with Gasteiger partial charge >= 0.3 is 6.09 Å². The standard InChI is InChI=1S/C24H25N5O7S/c1-28(2)10-18-20(22(30)27-16-5-8-19(26-9-16)35-13-14-11-34-12-14)23(36-24(25)31)37-21(18)15-3-6-17(7-4-15)29(32)33/h3-9,14H,10-13H2,1-2H3,(H2,25,31)(H,27,30). The van der Waals surface area contributed by atoms with E-state index in [2.05, 4.69) is 10.3 Å². The summed E-state index contributed by atoms with van der Waals surface area (Å²) in [4.78, 5) is 42.3. The Balaban J connectivity index is 1.63. The van der Waals surface area contributed by atoms with Gasteiger partial charge in [0.05, 0.1) is 42.2 Å². The maximum atomic E-state index is 13.4.